The summed E-state index contributed by atoms with van der Waals surface area (Å²) in [6.07, 6.45) is 7.46. The molecule has 4 aromatic rings. The van der Waals surface area contributed by atoms with Crippen LogP contribution in [-0.2, 0) is 11.3 Å². The van der Waals surface area contributed by atoms with Gasteiger partial charge in [-0.05, 0) is 37.1 Å². The number of para-hydroxylation sites is 1. The quantitative estimate of drug-likeness (QED) is 0.526. The summed E-state index contributed by atoms with van der Waals surface area (Å²) in [5, 5.41) is 11.6. The molecule has 0 bridgehead atoms. The molecule has 0 atom stereocenters. The largest absolute Gasteiger partial charge is 0.492 e. The van der Waals surface area contributed by atoms with E-state index >= 15 is 0 Å². The molecule has 1 aliphatic carbocycles. The van der Waals surface area contributed by atoms with E-state index < -0.39 is 0 Å². The Morgan fingerprint density at radius 3 is 2.86 bits per heavy atom. The second-order valence-corrected chi connectivity index (χ2v) is 7.04. The van der Waals surface area contributed by atoms with Crippen molar-refractivity contribution in [3.8, 4) is 16.9 Å². The zero-order valence-corrected chi connectivity index (χ0v) is 15.7. The molecule has 0 spiro atoms. The number of benzene rings is 1. The minimum atomic E-state index is -0.00584. The van der Waals surface area contributed by atoms with Crippen LogP contribution in [0.3, 0.4) is 0 Å². The molecule has 0 saturated heterocycles. The van der Waals surface area contributed by atoms with Gasteiger partial charge in [0.05, 0.1) is 12.7 Å². The number of fused-ring (bicyclic) bond motifs is 1. The van der Waals surface area contributed by atoms with Gasteiger partial charge in [0.2, 0.25) is 11.9 Å². The third-order valence-corrected chi connectivity index (χ3v) is 4.82. The maximum Gasteiger partial charge on any atom is 0.249 e. The monoisotopic (exact) mass is 388 g/mol. The smallest absolute Gasteiger partial charge is 0.249 e. The lowest BCUT2D eigenvalue weighted by molar-refractivity contribution is -0.117. The lowest BCUT2D eigenvalue weighted by Crippen LogP contribution is -2.14. The number of carbonyl (C=O) groups is 1. The van der Waals surface area contributed by atoms with Gasteiger partial charge in [-0.25, -0.2) is 4.52 Å². The normalized spacial score (nSPS) is 13.5. The number of amides is 1. The lowest BCUT2D eigenvalue weighted by atomic mass is 10.1. The highest BCUT2D eigenvalue weighted by molar-refractivity contribution is 5.93. The van der Waals surface area contributed by atoms with Crippen LogP contribution in [0.25, 0.3) is 16.8 Å². The van der Waals surface area contributed by atoms with Crippen LogP contribution < -0.4 is 10.1 Å². The Bertz CT molecular complexity index is 1150. The minimum absolute atomic E-state index is 0.00584. The molecule has 3 aromatic heterocycles. The van der Waals surface area contributed by atoms with Crippen LogP contribution in [0, 0.1) is 5.92 Å². The van der Waals surface area contributed by atoms with Gasteiger partial charge >= 0.3 is 0 Å². The molecule has 3 heterocycles. The Morgan fingerprint density at radius 1 is 1.17 bits per heavy atom. The zero-order valence-electron chi connectivity index (χ0n) is 15.7. The number of rotatable bonds is 7. The van der Waals surface area contributed by atoms with Crippen molar-refractivity contribution in [2.24, 2.45) is 5.92 Å². The van der Waals surface area contributed by atoms with E-state index in [1.807, 2.05) is 59.5 Å². The molecule has 29 heavy (non-hydrogen) atoms. The maximum absolute atomic E-state index is 12.0. The number of hydrogen-bond acceptors (Lipinski definition) is 5. The highest BCUT2D eigenvalue weighted by atomic mass is 16.5. The van der Waals surface area contributed by atoms with Crippen molar-refractivity contribution in [1.82, 2.24) is 24.4 Å². The fourth-order valence-corrected chi connectivity index (χ4v) is 3.14. The number of pyridine rings is 1. The number of nitrogens with one attached hydrogen (secondary N) is 1. The first-order valence-electron chi connectivity index (χ1n) is 9.63. The van der Waals surface area contributed by atoms with Crippen LogP contribution in [0.1, 0.15) is 12.8 Å². The van der Waals surface area contributed by atoms with Crippen LogP contribution in [0.5, 0.6) is 5.75 Å². The summed E-state index contributed by atoms with van der Waals surface area (Å²) in [5.74, 6) is 1.28. The number of carbonyl (C=O) groups excluding carboxylic acids is 1. The molecule has 1 aromatic carbocycles. The van der Waals surface area contributed by atoms with Gasteiger partial charge in [0.1, 0.15) is 12.4 Å². The number of ether oxygens (including phenoxy) is 1. The van der Waals surface area contributed by atoms with Crippen LogP contribution in [0.15, 0.2) is 61.1 Å². The zero-order chi connectivity index (χ0) is 19.6. The molecule has 0 radical (unpaired) electrons. The van der Waals surface area contributed by atoms with Gasteiger partial charge in [-0.2, -0.15) is 10.1 Å². The van der Waals surface area contributed by atoms with E-state index in [0.29, 0.717) is 24.7 Å². The minimum Gasteiger partial charge on any atom is -0.492 e. The van der Waals surface area contributed by atoms with Crippen LogP contribution in [-0.4, -0.2) is 36.9 Å². The first-order valence-corrected chi connectivity index (χ1v) is 9.63. The lowest BCUT2D eigenvalue weighted by Gasteiger charge is -2.05. The van der Waals surface area contributed by atoms with Crippen molar-refractivity contribution in [2.45, 2.75) is 19.4 Å². The van der Waals surface area contributed by atoms with Gasteiger partial charge in [0.15, 0.2) is 5.65 Å². The Hall–Kier alpha value is -3.68. The molecule has 8 nitrogen and oxygen atoms in total. The van der Waals surface area contributed by atoms with Crippen molar-refractivity contribution < 1.29 is 9.53 Å². The van der Waals surface area contributed by atoms with E-state index in [1.54, 1.807) is 10.7 Å². The molecule has 1 fully saturated rings. The van der Waals surface area contributed by atoms with E-state index in [-0.39, 0.29) is 11.8 Å². The maximum atomic E-state index is 12.0. The number of anilines is 1. The molecule has 8 heteroatoms. The fourth-order valence-electron chi connectivity index (χ4n) is 3.14. The first kappa shape index (κ1) is 17.4. The first-order chi connectivity index (χ1) is 14.3. The molecular weight excluding hydrogens is 368 g/mol. The van der Waals surface area contributed by atoms with Crippen LogP contribution in [0.2, 0.25) is 0 Å². The average Bonchev–Trinajstić information content (AvgIpc) is 3.36. The topological polar surface area (TPSA) is 86.3 Å². The van der Waals surface area contributed by atoms with Gasteiger partial charge in [-0.3, -0.25) is 14.8 Å². The number of hydrogen-bond donors (Lipinski definition) is 1. The number of aromatic nitrogens is 5. The second-order valence-electron chi connectivity index (χ2n) is 7.04. The van der Waals surface area contributed by atoms with E-state index in [1.165, 1.54) is 0 Å². The summed E-state index contributed by atoms with van der Waals surface area (Å²) in [6, 6.07) is 13.6. The van der Waals surface area contributed by atoms with E-state index in [2.05, 4.69) is 20.5 Å². The summed E-state index contributed by atoms with van der Waals surface area (Å²) in [5.41, 5.74) is 2.52. The van der Waals surface area contributed by atoms with Gasteiger partial charge in [0, 0.05) is 29.4 Å². The molecule has 0 unspecified atom stereocenters. The van der Waals surface area contributed by atoms with Crippen LogP contribution in [0.4, 0.5) is 5.95 Å². The number of nitrogens with zero attached hydrogens (tertiary/aromatic N) is 5. The summed E-state index contributed by atoms with van der Waals surface area (Å²) in [7, 11) is 0. The van der Waals surface area contributed by atoms with E-state index in [0.717, 1.165) is 29.7 Å². The SMILES string of the molecule is O=C(Nc1nc2c(-c3cnn(CCOc4ccccc4)c3)cccn2n1)C1CC1. The van der Waals surface area contributed by atoms with Crippen molar-refractivity contribution in [3.05, 3.63) is 61.1 Å². The Morgan fingerprint density at radius 2 is 2.03 bits per heavy atom. The third-order valence-electron chi connectivity index (χ3n) is 4.82. The molecule has 1 amide bonds. The molecule has 1 saturated carbocycles. The third kappa shape index (κ3) is 3.82. The van der Waals surface area contributed by atoms with Crippen molar-refractivity contribution in [3.63, 3.8) is 0 Å². The van der Waals surface area contributed by atoms with Crippen molar-refractivity contribution in [2.75, 3.05) is 11.9 Å². The Labute approximate surface area is 167 Å². The Balaban J connectivity index is 1.31. The van der Waals surface area contributed by atoms with E-state index in [4.69, 9.17) is 4.74 Å². The highest BCUT2D eigenvalue weighted by Gasteiger charge is 2.30. The molecular formula is C21H20N6O2. The van der Waals surface area contributed by atoms with Gasteiger partial charge in [-0.15, -0.1) is 5.10 Å². The van der Waals surface area contributed by atoms with Crippen LogP contribution >= 0.6 is 0 Å². The van der Waals surface area contributed by atoms with Crippen molar-refractivity contribution in [1.29, 1.82) is 0 Å². The second kappa shape index (κ2) is 7.38. The summed E-state index contributed by atoms with van der Waals surface area (Å²) < 4.78 is 9.25. The summed E-state index contributed by atoms with van der Waals surface area (Å²) in [6.45, 7) is 1.16. The average molecular weight is 388 g/mol. The standard InChI is InChI=1S/C21H20N6O2/c28-20(15-8-9-15)24-21-23-19-18(7-4-10-27(19)25-21)16-13-22-26(14-16)11-12-29-17-5-2-1-3-6-17/h1-7,10,13-15H,8-9,11-12H2,(H,24,25,28). The molecule has 5 rings (SSSR count). The molecule has 1 N–H and O–H groups in total. The molecule has 1 aliphatic rings. The summed E-state index contributed by atoms with van der Waals surface area (Å²) in [4.78, 5) is 16.5. The van der Waals surface area contributed by atoms with E-state index in [9.17, 15) is 4.79 Å². The van der Waals surface area contributed by atoms with Gasteiger partial charge < -0.3 is 4.74 Å². The van der Waals surface area contributed by atoms with Gasteiger partial charge in [0.25, 0.3) is 0 Å². The predicted octanol–water partition coefficient (Wildman–Crippen LogP) is 3.02. The van der Waals surface area contributed by atoms with Gasteiger partial charge in [-0.1, -0.05) is 18.2 Å². The molecule has 0 aliphatic heterocycles. The predicted molar refractivity (Wildman–Crippen MR) is 107 cm³/mol. The Kier molecular flexibility index (Phi) is 4.44. The molecule has 146 valence electrons. The van der Waals surface area contributed by atoms with Crippen molar-refractivity contribution >= 4 is 17.5 Å². The summed E-state index contributed by atoms with van der Waals surface area (Å²) >= 11 is 0. The highest BCUT2D eigenvalue weighted by Crippen LogP contribution is 2.30. The fraction of sp³-hybridized carbons (Fsp3) is 0.238.